The third kappa shape index (κ3) is 6.80. The topological polar surface area (TPSA) is 21.3 Å². The number of hydrogen-bond donors (Lipinski definition) is 1. The molecule has 4 heteroatoms. The van der Waals surface area contributed by atoms with E-state index in [0.29, 0.717) is 0 Å². The Hall–Kier alpha value is -0.0300. The van der Waals surface area contributed by atoms with E-state index in [2.05, 4.69) is 53.3 Å². The molecule has 0 aliphatic heterocycles. The molecule has 19 heavy (non-hydrogen) atoms. The molecule has 1 N–H and O–H groups in total. The van der Waals surface area contributed by atoms with Gasteiger partial charge in [-0.25, -0.2) is 0 Å². The van der Waals surface area contributed by atoms with Crippen LogP contribution in [0.1, 0.15) is 25.8 Å². The summed E-state index contributed by atoms with van der Waals surface area (Å²) >= 11 is 5.59. The second kappa shape index (κ2) is 9.81. The van der Waals surface area contributed by atoms with Gasteiger partial charge in [0.1, 0.15) is 0 Å². The Labute approximate surface area is 129 Å². The van der Waals surface area contributed by atoms with Gasteiger partial charge in [-0.2, -0.15) is 0 Å². The van der Waals surface area contributed by atoms with Crippen molar-refractivity contribution in [3.8, 4) is 0 Å². The molecule has 2 nitrogen and oxygen atoms in total. The highest BCUT2D eigenvalue weighted by Crippen LogP contribution is 2.27. The third-order valence-electron chi connectivity index (χ3n) is 3.05. The van der Waals surface area contributed by atoms with Crippen LogP contribution in [0.4, 0.5) is 0 Å². The number of nitrogens with one attached hydrogen (secondary N) is 1. The minimum absolute atomic E-state index is 0.750. The van der Waals surface area contributed by atoms with Gasteiger partial charge >= 0.3 is 0 Å². The monoisotopic (exact) mass is 345 g/mol. The smallest absolute Gasteiger partial charge is 0.0587 e. The Bertz CT molecular complexity index is 373. The average molecular weight is 346 g/mol. The molecule has 1 unspecified atom stereocenters. The van der Waals surface area contributed by atoms with Crippen molar-refractivity contribution in [2.75, 3.05) is 26.0 Å². The molecule has 1 rings (SSSR count). The van der Waals surface area contributed by atoms with Gasteiger partial charge < -0.3 is 10.1 Å². The summed E-state index contributed by atoms with van der Waals surface area (Å²) in [4.78, 5) is 1.34. The second-order valence-corrected chi connectivity index (χ2v) is 6.69. The molecule has 1 aromatic carbocycles. The van der Waals surface area contributed by atoms with Crippen LogP contribution in [-0.2, 0) is 11.3 Å². The van der Waals surface area contributed by atoms with Crippen LogP contribution in [0, 0.1) is 5.92 Å². The highest BCUT2D eigenvalue weighted by Gasteiger charge is 2.04. The summed E-state index contributed by atoms with van der Waals surface area (Å²) in [5, 5.41) is 3.36. The predicted octanol–water partition coefficient (Wildman–Crippen LogP) is 4.32. The molecule has 0 aliphatic carbocycles. The van der Waals surface area contributed by atoms with Crippen LogP contribution in [0.3, 0.4) is 0 Å². The molecular weight excluding hydrogens is 322 g/mol. The number of ether oxygens (including phenoxy) is 1. The lowest BCUT2D eigenvalue weighted by Crippen LogP contribution is -2.18. The number of methoxy groups -OCH3 is 1. The summed E-state index contributed by atoms with van der Waals surface area (Å²) in [5.74, 6) is 1.97. The molecule has 1 atom stereocenters. The largest absolute Gasteiger partial charge is 0.383 e. The van der Waals surface area contributed by atoms with Crippen molar-refractivity contribution in [2.24, 2.45) is 5.92 Å². The van der Waals surface area contributed by atoms with Crippen LogP contribution < -0.4 is 5.32 Å². The van der Waals surface area contributed by atoms with E-state index >= 15 is 0 Å². The van der Waals surface area contributed by atoms with E-state index in [4.69, 9.17) is 4.74 Å². The Morgan fingerprint density at radius 3 is 2.84 bits per heavy atom. The first-order valence-electron chi connectivity index (χ1n) is 6.78. The van der Waals surface area contributed by atoms with Gasteiger partial charge in [-0.1, -0.05) is 42.3 Å². The summed E-state index contributed by atoms with van der Waals surface area (Å²) in [6.45, 7) is 7.06. The minimum atomic E-state index is 0.750. The van der Waals surface area contributed by atoms with E-state index in [0.717, 1.165) is 25.6 Å². The molecule has 0 amide bonds. The fourth-order valence-corrected chi connectivity index (χ4v) is 3.26. The fourth-order valence-electron chi connectivity index (χ4n) is 1.51. The van der Waals surface area contributed by atoms with E-state index in [9.17, 15) is 0 Å². The van der Waals surface area contributed by atoms with Crippen LogP contribution in [0.2, 0.25) is 0 Å². The quantitative estimate of drug-likeness (QED) is 0.531. The highest BCUT2D eigenvalue weighted by molar-refractivity contribution is 9.10. The first kappa shape index (κ1) is 17.0. The standard InChI is InChI=1S/C15H24BrNOS/c1-4-12(2)11-19-14-6-5-13(15(16)9-14)10-17-7-8-18-3/h5-6,9,12,17H,4,7-8,10-11H2,1-3H3. The minimum Gasteiger partial charge on any atom is -0.383 e. The normalized spacial score (nSPS) is 12.6. The van der Waals surface area contributed by atoms with E-state index in [-0.39, 0.29) is 0 Å². The number of hydrogen-bond acceptors (Lipinski definition) is 3. The molecule has 1 aromatic rings. The summed E-state index contributed by atoms with van der Waals surface area (Å²) in [5.41, 5.74) is 1.30. The zero-order chi connectivity index (χ0) is 14.1. The Morgan fingerprint density at radius 1 is 1.42 bits per heavy atom. The van der Waals surface area contributed by atoms with Crippen molar-refractivity contribution in [3.63, 3.8) is 0 Å². The maximum absolute atomic E-state index is 5.02. The zero-order valence-electron chi connectivity index (χ0n) is 12.0. The summed E-state index contributed by atoms with van der Waals surface area (Å²) in [6, 6.07) is 6.63. The average Bonchev–Trinajstić information content (AvgIpc) is 2.42. The number of thioether (sulfide) groups is 1. The van der Waals surface area contributed by atoms with Crippen molar-refractivity contribution >= 4 is 27.7 Å². The third-order valence-corrected chi connectivity index (χ3v) is 5.12. The first-order valence-corrected chi connectivity index (χ1v) is 8.56. The van der Waals surface area contributed by atoms with Gasteiger partial charge in [0.2, 0.25) is 0 Å². The lowest BCUT2D eigenvalue weighted by Gasteiger charge is -2.10. The SMILES string of the molecule is CCC(C)CSc1ccc(CNCCOC)c(Br)c1. The maximum atomic E-state index is 5.02. The molecule has 0 radical (unpaired) electrons. The van der Waals surface area contributed by atoms with Crippen LogP contribution in [0.15, 0.2) is 27.6 Å². The summed E-state index contributed by atoms with van der Waals surface area (Å²) in [7, 11) is 1.72. The van der Waals surface area contributed by atoms with Crippen LogP contribution in [-0.4, -0.2) is 26.0 Å². The van der Waals surface area contributed by atoms with Crippen molar-refractivity contribution in [3.05, 3.63) is 28.2 Å². The van der Waals surface area contributed by atoms with Gasteiger partial charge in [0.25, 0.3) is 0 Å². The molecule has 0 aliphatic rings. The molecule has 0 bridgehead atoms. The number of benzene rings is 1. The molecule has 0 heterocycles. The Balaban J connectivity index is 2.45. The lowest BCUT2D eigenvalue weighted by atomic mass is 10.2. The van der Waals surface area contributed by atoms with Gasteiger partial charge in [0.15, 0.2) is 0 Å². The van der Waals surface area contributed by atoms with Gasteiger partial charge in [-0.05, 0) is 23.6 Å². The van der Waals surface area contributed by atoms with Gasteiger partial charge in [-0.3, -0.25) is 0 Å². The van der Waals surface area contributed by atoms with Crippen molar-refractivity contribution in [1.82, 2.24) is 5.32 Å². The molecular formula is C15H24BrNOS. The van der Waals surface area contributed by atoms with Crippen molar-refractivity contribution in [1.29, 1.82) is 0 Å². The summed E-state index contributed by atoms with van der Waals surface area (Å²) < 4.78 is 6.20. The van der Waals surface area contributed by atoms with E-state index in [1.54, 1.807) is 7.11 Å². The molecule has 0 saturated carbocycles. The fraction of sp³-hybridized carbons (Fsp3) is 0.600. The Morgan fingerprint density at radius 2 is 2.21 bits per heavy atom. The molecule has 0 spiro atoms. The van der Waals surface area contributed by atoms with E-state index in [1.165, 1.54) is 27.1 Å². The zero-order valence-corrected chi connectivity index (χ0v) is 14.4. The highest BCUT2D eigenvalue weighted by atomic mass is 79.9. The molecule has 0 aromatic heterocycles. The molecule has 108 valence electrons. The predicted molar refractivity (Wildman–Crippen MR) is 87.9 cm³/mol. The van der Waals surface area contributed by atoms with E-state index < -0.39 is 0 Å². The maximum Gasteiger partial charge on any atom is 0.0587 e. The van der Waals surface area contributed by atoms with Crippen LogP contribution in [0.5, 0.6) is 0 Å². The van der Waals surface area contributed by atoms with Crippen molar-refractivity contribution < 1.29 is 4.74 Å². The first-order chi connectivity index (χ1) is 9.17. The summed E-state index contributed by atoms with van der Waals surface area (Å²) in [6.07, 6.45) is 1.25. The molecule has 0 saturated heterocycles. The van der Waals surface area contributed by atoms with Gasteiger partial charge in [0, 0.05) is 35.3 Å². The van der Waals surface area contributed by atoms with Crippen LogP contribution >= 0.6 is 27.7 Å². The van der Waals surface area contributed by atoms with Gasteiger partial charge in [-0.15, -0.1) is 11.8 Å². The molecule has 0 fully saturated rings. The van der Waals surface area contributed by atoms with Crippen LogP contribution in [0.25, 0.3) is 0 Å². The van der Waals surface area contributed by atoms with Gasteiger partial charge in [0.05, 0.1) is 6.61 Å². The Kier molecular flexibility index (Phi) is 8.79. The number of rotatable bonds is 9. The number of halogens is 1. The van der Waals surface area contributed by atoms with Crippen molar-refractivity contribution in [2.45, 2.75) is 31.7 Å². The lowest BCUT2D eigenvalue weighted by molar-refractivity contribution is 0.199. The second-order valence-electron chi connectivity index (χ2n) is 4.75. The van der Waals surface area contributed by atoms with E-state index in [1.807, 2.05) is 11.8 Å².